The molecule has 0 heterocycles. The summed E-state index contributed by atoms with van der Waals surface area (Å²) in [7, 11) is 0. The molecule has 0 aromatic rings. The average molecular weight is 323 g/mol. The Morgan fingerprint density at radius 3 is 1.22 bits per heavy atom. The molecule has 1 aliphatic rings. The van der Waals surface area contributed by atoms with Crippen LogP contribution in [0.1, 0.15) is 136 Å². The maximum Gasteiger partial charge on any atom is -0.0383 e. The van der Waals surface area contributed by atoms with Crippen molar-refractivity contribution in [3.05, 3.63) is 0 Å². The van der Waals surface area contributed by atoms with E-state index in [2.05, 4.69) is 13.8 Å². The Bertz CT molecular complexity index is 232. The molecular formula is C23H46. The van der Waals surface area contributed by atoms with E-state index in [1.807, 2.05) is 0 Å². The number of unbranched alkanes of at least 4 members (excludes halogenated alkanes) is 15. The summed E-state index contributed by atoms with van der Waals surface area (Å²) in [6, 6.07) is 0. The van der Waals surface area contributed by atoms with Crippen LogP contribution in [0.4, 0.5) is 0 Å². The molecule has 0 bridgehead atoms. The smallest absolute Gasteiger partial charge is 0.0383 e. The molecule has 1 aliphatic carbocycles. The largest absolute Gasteiger partial charge is 0.0654 e. The molecule has 0 N–H and O–H groups in total. The molecule has 0 spiro atoms. The van der Waals surface area contributed by atoms with Crippen LogP contribution in [0.5, 0.6) is 0 Å². The fourth-order valence-corrected chi connectivity index (χ4v) is 4.12. The minimum Gasteiger partial charge on any atom is -0.0654 e. The van der Waals surface area contributed by atoms with Crippen LogP contribution in [-0.4, -0.2) is 0 Å². The second kappa shape index (κ2) is 15.5. The number of hydrogen-bond acceptors (Lipinski definition) is 0. The Morgan fingerprint density at radius 2 is 0.870 bits per heavy atom. The molecule has 0 amide bonds. The van der Waals surface area contributed by atoms with E-state index in [0.29, 0.717) is 0 Å². The first-order valence-electron chi connectivity index (χ1n) is 11.4. The van der Waals surface area contributed by atoms with Crippen molar-refractivity contribution >= 4 is 0 Å². The lowest BCUT2D eigenvalue weighted by atomic mass is 10.0. The Hall–Kier alpha value is 0. The fourth-order valence-electron chi connectivity index (χ4n) is 4.12. The molecule has 0 aromatic carbocycles. The molecule has 0 nitrogen and oxygen atoms in total. The van der Waals surface area contributed by atoms with Crippen LogP contribution in [0.25, 0.3) is 0 Å². The molecule has 0 radical (unpaired) electrons. The van der Waals surface area contributed by atoms with E-state index in [1.54, 1.807) is 6.42 Å². The van der Waals surface area contributed by atoms with Gasteiger partial charge in [-0.1, -0.05) is 129 Å². The fraction of sp³-hybridized carbons (Fsp3) is 1.00. The van der Waals surface area contributed by atoms with Crippen LogP contribution in [0.15, 0.2) is 0 Å². The first kappa shape index (κ1) is 21.0. The first-order chi connectivity index (χ1) is 11.4. The highest BCUT2D eigenvalue weighted by atomic mass is 14.4. The van der Waals surface area contributed by atoms with Gasteiger partial charge in [0, 0.05) is 0 Å². The minimum absolute atomic E-state index is 1.12. The van der Waals surface area contributed by atoms with Gasteiger partial charge >= 0.3 is 0 Å². The number of hydrogen-bond donors (Lipinski definition) is 0. The Labute approximate surface area is 148 Å². The van der Waals surface area contributed by atoms with Crippen LogP contribution in [-0.2, 0) is 0 Å². The summed E-state index contributed by atoms with van der Waals surface area (Å²) in [5, 5.41) is 0. The number of rotatable bonds is 18. The molecule has 0 saturated heterocycles. The van der Waals surface area contributed by atoms with E-state index < -0.39 is 0 Å². The minimum atomic E-state index is 1.12. The van der Waals surface area contributed by atoms with Crippen LogP contribution < -0.4 is 0 Å². The zero-order valence-corrected chi connectivity index (χ0v) is 16.6. The predicted octanol–water partition coefficient (Wildman–Crippen LogP) is 8.68. The molecule has 1 rings (SSSR count). The van der Waals surface area contributed by atoms with Crippen LogP contribution in [0, 0.1) is 11.8 Å². The van der Waals surface area contributed by atoms with E-state index in [1.165, 1.54) is 116 Å². The Balaban J connectivity index is 1.63. The van der Waals surface area contributed by atoms with Gasteiger partial charge in [-0.25, -0.2) is 0 Å². The summed E-state index contributed by atoms with van der Waals surface area (Å²) in [6.07, 6.45) is 28.3. The van der Waals surface area contributed by atoms with E-state index in [9.17, 15) is 0 Å². The van der Waals surface area contributed by atoms with Gasteiger partial charge < -0.3 is 0 Å². The molecular weight excluding hydrogens is 276 g/mol. The normalized spacial score (nSPS) is 20.1. The van der Waals surface area contributed by atoms with Gasteiger partial charge in [0.25, 0.3) is 0 Å². The maximum absolute atomic E-state index is 2.36. The van der Waals surface area contributed by atoms with Gasteiger partial charge in [-0.05, 0) is 18.3 Å². The summed E-state index contributed by atoms with van der Waals surface area (Å²) >= 11 is 0. The van der Waals surface area contributed by atoms with Crippen molar-refractivity contribution in [2.45, 2.75) is 136 Å². The molecule has 0 heteroatoms. The highest BCUT2D eigenvalue weighted by molar-refractivity contribution is 4.84. The van der Waals surface area contributed by atoms with Crippen molar-refractivity contribution in [2.24, 2.45) is 11.8 Å². The van der Waals surface area contributed by atoms with E-state index in [4.69, 9.17) is 0 Å². The Morgan fingerprint density at radius 1 is 0.478 bits per heavy atom. The van der Waals surface area contributed by atoms with E-state index in [-0.39, 0.29) is 0 Å². The molecule has 2 unspecified atom stereocenters. The summed E-state index contributed by atoms with van der Waals surface area (Å²) in [4.78, 5) is 0. The molecule has 138 valence electrons. The summed E-state index contributed by atoms with van der Waals surface area (Å²) < 4.78 is 0. The predicted molar refractivity (Wildman–Crippen MR) is 106 cm³/mol. The van der Waals surface area contributed by atoms with Crippen molar-refractivity contribution in [2.75, 3.05) is 0 Å². The summed E-state index contributed by atoms with van der Waals surface area (Å²) in [5.74, 6) is 2.25. The average Bonchev–Trinajstić information content (AvgIpc) is 3.33. The first-order valence-corrected chi connectivity index (χ1v) is 11.4. The summed E-state index contributed by atoms with van der Waals surface area (Å²) in [6.45, 7) is 4.66. The van der Waals surface area contributed by atoms with Crippen molar-refractivity contribution in [3.8, 4) is 0 Å². The molecule has 1 saturated carbocycles. The van der Waals surface area contributed by atoms with Gasteiger partial charge in [0.15, 0.2) is 0 Å². The van der Waals surface area contributed by atoms with Gasteiger partial charge in [0.05, 0.1) is 0 Å². The lowest BCUT2D eigenvalue weighted by molar-refractivity contribution is 0.517. The van der Waals surface area contributed by atoms with Crippen LogP contribution >= 0.6 is 0 Å². The van der Waals surface area contributed by atoms with Crippen molar-refractivity contribution in [1.29, 1.82) is 0 Å². The second-order valence-corrected chi connectivity index (χ2v) is 8.26. The zero-order valence-electron chi connectivity index (χ0n) is 16.6. The zero-order chi connectivity index (χ0) is 16.6. The van der Waals surface area contributed by atoms with Crippen molar-refractivity contribution < 1.29 is 0 Å². The highest BCUT2D eigenvalue weighted by Crippen LogP contribution is 2.44. The van der Waals surface area contributed by atoms with E-state index in [0.717, 1.165) is 11.8 Å². The van der Waals surface area contributed by atoms with Crippen LogP contribution in [0.2, 0.25) is 0 Å². The third kappa shape index (κ3) is 13.0. The lowest BCUT2D eigenvalue weighted by Crippen LogP contribution is -1.85. The molecule has 0 aliphatic heterocycles. The van der Waals surface area contributed by atoms with Crippen molar-refractivity contribution in [1.82, 2.24) is 0 Å². The third-order valence-corrected chi connectivity index (χ3v) is 6.02. The Kier molecular flexibility index (Phi) is 14.2. The summed E-state index contributed by atoms with van der Waals surface area (Å²) in [5.41, 5.74) is 0. The highest BCUT2D eigenvalue weighted by Gasteiger charge is 2.33. The molecule has 1 fully saturated rings. The standard InChI is InChI=1S/C23H46/c1-3-5-6-7-8-9-10-11-12-13-14-15-16-17-18-19-20-23-21-22(23)4-2/h22-23H,3-21H2,1-2H3. The van der Waals surface area contributed by atoms with Gasteiger partial charge in [-0.15, -0.1) is 0 Å². The second-order valence-electron chi connectivity index (χ2n) is 8.26. The van der Waals surface area contributed by atoms with Crippen molar-refractivity contribution in [3.63, 3.8) is 0 Å². The molecule has 0 aromatic heterocycles. The quantitative estimate of drug-likeness (QED) is 0.221. The maximum atomic E-state index is 2.36. The van der Waals surface area contributed by atoms with Crippen LogP contribution in [0.3, 0.4) is 0 Å². The van der Waals surface area contributed by atoms with Gasteiger partial charge in [-0.3, -0.25) is 0 Å². The van der Waals surface area contributed by atoms with E-state index >= 15 is 0 Å². The van der Waals surface area contributed by atoms with Gasteiger partial charge in [-0.2, -0.15) is 0 Å². The molecule has 2 atom stereocenters. The van der Waals surface area contributed by atoms with Gasteiger partial charge in [0.2, 0.25) is 0 Å². The SMILES string of the molecule is CCCCCCCCCCCCCCCCCCC1CC1CC. The van der Waals surface area contributed by atoms with Gasteiger partial charge in [0.1, 0.15) is 0 Å². The topological polar surface area (TPSA) is 0 Å². The monoisotopic (exact) mass is 322 g/mol. The third-order valence-electron chi connectivity index (χ3n) is 6.02. The molecule has 23 heavy (non-hydrogen) atoms. The lowest BCUT2D eigenvalue weighted by Gasteiger charge is -2.03.